The maximum atomic E-state index is 12.6. The lowest BCUT2D eigenvalue weighted by Crippen LogP contribution is -2.19. The minimum Gasteiger partial charge on any atom is -0.332 e. The van der Waals surface area contributed by atoms with E-state index in [0.717, 1.165) is 12.1 Å². The van der Waals surface area contributed by atoms with Crippen molar-refractivity contribution in [2.45, 2.75) is 31.1 Å². The third-order valence-corrected chi connectivity index (χ3v) is 6.40. The van der Waals surface area contributed by atoms with Crippen LogP contribution in [-0.4, -0.2) is 13.5 Å². The number of hydrogen-bond donors (Lipinski definition) is 3. The summed E-state index contributed by atoms with van der Waals surface area (Å²) >= 11 is 11.2. The van der Waals surface area contributed by atoms with Crippen LogP contribution in [0.3, 0.4) is 0 Å². The highest BCUT2D eigenvalue weighted by molar-refractivity contribution is 7.92. The van der Waals surface area contributed by atoms with Crippen molar-refractivity contribution in [3.63, 3.8) is 0 Å². The highest BCUT2D eigenvalue weighted by Crippen LogP contribution is 2.20. The molecule has 0 saturated heterocycles. The number of hydrogen-bond acceptors (Lipinski definition) is 3. The van der Waals surface area contributed by atoms with Gasteiger partial charge in [0.25, 0.3) is 10.0 Å². The summed E-state index contributed by atoms with van der Waals surface area (Å²) in [6, 6.07) is 21.0. The first kappa shape index (κ1) is 23.1. The van der Waals surface area contributed by atoms with E-state index in [2.05, 4.69) is 34.4 Å². The van der Waals surface area contributed by atoms with Gasteiger partial charge in [-0.05, 0) is 91.3 Å². The number of benzene rings is 3. The van der Waals surface area contributed by atoms with Gasteiger partial charge in [0.15, 0.2) is 5.11 Å². The Morgan fingerprint density at radius 3 is 1.90 bits per heavy atom. The number of halogens is 1. The largest absolute Gasteiger partial charge is 0.332 e. The molecular weight excluding hydrogens is 450 g/mol. The van der Waals surface area contributed by atoms with Crippen molar-refractivity contribution in [2.24, 2.45) is 0 Å². The third-order valence-electron chi connectivity index (χ3n) is 4.55. The highest BCUT2D eigenvalue weighted by Gasteiger charge is 2.14. The first-order valence-electron chi connectivity index (χ1n) is 9.91. The second-order valence-electron chi connectivity index (χ2n) is 7.02. The van der Waals surface area contributed by atoms with Crippen LogP contribution in [0.15, 0.2) is 77.7 Å². The van der Waals surface area contributed by atoms with Gasteiger partial charge in [-0.1, -0.05) is 37.1 Å². The van der Waals surface area contributed by atoms with Crippen LogP contribution in [0.5, 0.6) is 0 Å². The number of unbranched alkanes of at least 4 members (excludes halogenated alkanes) is 1. The van der Waals surface area contributed by atoms with E-state index in [1.807, 2.05) is 12.1 Å². The summed E-state index contributed by atoms with van der Waals surface area (Å²) in [6.45, 7) is 2.18. The Labute approximate surface area is 193 Å². The van der Waals surface area contributed by atoms with Crippen LogP contribution in [0.1, 0.15) is 25.3 Å². The predicted octanol–water partition coefficient (Wildman–Crippen LogP) is 6.29. The number of thiocarbonyl (C=S) groups is 1. The predicted molar refractivity (Wildman–Crippen MR) is 134 cm³/mol. The van der Waals surface area contributed by atoms with Crippen molar-refractivity contribution in [3.8, 4) is 0 Å². The zero-order valence-electron chi connectivity index (χ0n) is 17.1. The topological polar surface area (TPSA) is 70.2 Å². The number of aryl methyl sites for hydroxylation is 1. The van der Waals surface area contributed by atoms with Gasteiger partial charge in [0, 0.05) is 22.1 Å². The smallest absolute Gasteiger partial charge is 0.261 e. The van der Waals surface area contributed by atoms with E-state index in [0.29, 0.717) is 21.5 Å². The highest BCUT2D eigenvalue weighted by atomic mass is 35.5. The van der Waals surface area contributed by atoms with Gasteiger partial charge >= 0.3 is 0 Å². The van der Waals surface area contributed by atoms with Crippen molar-refractivity contribution in [3.05, 3.63) is 83.4 Å². The van der Waals surface area contributed by atoms with Gasteiger partial charge in [-0.3, -0.25) is 4.72 Å². The fraction of sp³-hybridized carbons (Fsp3) is 0.174. The molecule has 3 N–H and O–H groups in total. The maximum Gasteiger partial charge on any atom is 0.261 e. The average molecular weight is 474 g/mol. The van der Waals surface area contributed by atoms with Crippen LogP contribution in [0.2, 0.25) is 5.02 Å². The first-order valence-corrected chi connectivity index (χ1v) is 12.2. The molecule has 3 rings (SSSR count). The van der Waals surface area contributed by atoms with Gasteiger partial charge in [0.05, 0.1) is 4.90 Å². The molecule has 8 heteroatoms. The lowest BCUT2D eigenvalue weighted by atomic mass is 10.1. The van der Waals surface area contributed by atoms with E-state index in [-0.39, 0.29) is 4.90 Å². The molecule has 3 aromatic carbocycles. The molecule has 0 spiro atoms. The molecule has 0 unspecified atom stereocenters. The van der Waals surface area contributed by atoms with E-state index >= 15 is 0 Å². The zero-order valence-corrected chi connectivity index (χ0v) is 19.4. The Hall–Kier alpha value is -2.61. The third kappa shape index (κ3) is 6.95. The molecule has 0 aliphatic carbocycles. The summed E-state index contributed by atoms with van der Waals surface area (Å²) in [6.07, 6.45) is 3.42. The summed E-state index contributed by atoms with van der Waals surface area (Å²) in [5, 5.41) is 7.16. The van der Waals surface area contributed by atoms with Gasteiger partial charge in [-0.15, -0.1) is 0 Å². The van der Waals surface area contributed by atoms with Crippen molar-refractivity contribution in [2.75, 3.05) is 15.4 Å². The van der Waals surface area contributed by atoms with Gasteiger partial charge in [0.2, 0.25) is 0 Å². The van der Waals surface area contributed by atoms with Crippen molar-refractivity contribution in [1.82, 2.24) is 0 Å². The molecule has 3 aromatic rings. The molecular formula is C23H24ClN3O2S2. The summed E-state index contributed by atoms with van der Waals surface area (Å²) in [7, 11) is -3.70. The summed E-state index contributed by atoms with van der Waals surface area (Å²) < 4.78 is 27.6. The Morgan fingerprint density at radius 1 is 0.839 bits per heavy atom. The standard InChI is InChI=1S/C23H24ClN3O2S2/c1-2-3-4-17-5-9-19(10-6-17)25-23(30)26-20-13-15-22(16-14-20)31(28,29)27-21-11-7-18(24)8-12-21/h5-16,27H,2-4H2,1H3,(H2,25,26,30). The van der Waals surface area contributed by atoms with Crippen LogP contribution in [0.25, 0.3) is 0 Å². The van der Waals surface area contributed by atoms with Crippen LogP contribution >= 0.6 is 23.8 Å². The number of rotatable bonds is 8. The zero-order chi connectivity index (χ0) is 22.3. The number of anilines is 3. The molecule has 0 aromatic heterocycles. The minimum absolute atomic E-state index is 0.148. The molecule has 0 fully saturated rings. The first-order chi connectivity index (χ1) is 14.9. The van der Waals surface area contributed by atoms with Gasteiger partial charge < -0.3 is 10.6 Å². The van der Waals surface area contributed by atoms with Crippen LogP contribution in [-0.2, 0) is 16.4 Å². The summed E-state index contributed by atoms with van der Waals surface area (Å²) in [4.78, 5) is 0.148. The molecule has 0 atom stereocenters. The SMILES string of the molecule is CCCCc1ccc(NC(=S)Nc2ccc(S(=O)(=O)Nc3ccc(Cl)cc3)cc2)cc1. The van der Waals surface area contributed by atoms with E-state index in [1.54, 1.807) is 36.4 Å². The molecule has 0 amide bonds. The van der Waals surface area contributed by atoms with Gasteiger partial charge in [-0.25, -0.2) is 8.42 Å². The molecule has 31 heavy (non-hydrogen) atoms. The fourth-order valence-corrected chi connectivity index (χ4v) is 4.30. The Balaban J connectivity index is 1.58. The molecule has 0 radical (unpaired) electrons. The maximum absolute atomic E-state index is 12.6. The van der Waals surface area contributed by atoms with Crippen LogP contribution in [0, 0.1) is 0 Å². The monoisotopic (exact) mass is 473 g/mol. The van der Waals surface area contributed by atoms with E-state index in [1.165, 1.54) is 30.5 Å². The van der Waals surface area contributed by atoms with Gasteiger partial charge in [-0.2, -0.15) is 0 Å². The lowest BCUT2D eigenvalue weighted by Gasteiger charge is -2.12. The van der Waals surface area contributed by atoms with E-state index in [9.17, 15) is 8.42 Å². The van der Waals surface area contributed by atoms with E-state index < -0.39 is 10.0 Å². The summed E-state index contributed by atoms with van der Waals surface area (Å²) in [5.74, 6) is 0. The molecule has 0 aliphatic rings. The fourth-order valence-electron chi connectivity index (χ4n) is 2.88. The van der Waals surface area contributed by atoms with Crippen LogP contribution < -0.4 is 15.4 Å². The Kier molecular flexibility index (Phi) is 7.90. The Morgan fingerprint density at radius 2 is 1.35 bits per heavy atom. The molecule has 0 saturated carbocycles. The van der Waals surface area contributed by atoms with Crippen molar-refractivity contribution < 1.29 is 8.42 Å². The molecule has 0 bridgehead atoms. The molecule has 162 valence electrons. The normalized spacial score (nSPS) is 11.0. The second kappa shape index (κ2) is 10.6. The van der Waals surface area contributed by atoms with Gasteiger partial charge in [0.1, 0.15) is 0 Å². The molecule has 0 heterocycles. The van der Waals surface area contributed by atoms with Crippen molar-refractivity contribution >= 4 is 56.0 Å². The van der Waals surface area contributed by atoms with E-state index in [4.69, 9.17) is 23.8 Å². The lowest BCUT2D eigenvalue weighted by molar-refractivity contribution is 0.601. The van der Waals surface area contributed by atoms with Crippen LogP contribution in [0.4, 0.5) is 17.1 Å². The second-order valence-corrected chi connectivity index (χ2v) is 9.54. The number of sulfonamides is 1. The number of nitrogens with one attached hydrogen (secondary N) is 3. The van der Waals surface area contributed by atoms with Crippen molar-refractivity contribution in [1.29, 1.82) is 0 Å². The quantitative estimate of drug-likeness (QED) is 0.335. The molecule has 0 aliphatic heterocycles. The molecule has 5 nitrogen and oxygen atoms in total. The Bertz CT molecular complexity index is 1110. The summed E-state index contributed by atoms with van der Waals surface area (Å²) in [5.41, 5.74) is 3.32. The average Bonchev–Trinajstić information content (AvgIpc) is 2.75. The minimum atomic E-state index is -3.70.